The van der Waals surface area contributed by atoms with Crippen LogP contribution in [0.2, 0.25) is 0 Å². The van der Waals surface area contributed by atoms with Crippen LogP contribution in [0.1, 0.15) is 39.0 Å². The number of nitrogens with two attached hydrogens (primary N) is 1. The average molecular weight is 196 g/mol. The molecule has 2 N–H and O–H groups in total. The standard InChI is InChI=1S/C12H24N2/c1-2-10-8-14(9-10)12(7-13)11-5-3-4-6-11/h10-12H,2-9,13H2,1H3. The zero-order valence-electron chi connectivity index (χ0n) is 9.41. The minimum atomic E-state index is 0.709. The normalized spacial score (nSPS) is 27.9. The predicted octanol–water partition coefficient (Wildman–Crippen LogP) is 1.85. The van der Waals surface area contributed by atoms with Gasteiger partial charge in [-0.25, -0.2) is 0 Å². The van der Waals surface area contributed by atoms with Crippen LogP contribution in [0.3, 0.4) is 0 Å². The van der Waals surface area contributed by atoms with Crippen molar-refractivity contribution in [2.24, 2.45) is 17.6 Å². The fourth-order valence-corrected chi connectivity index (χ4v) is 3.12. The van der Waals surface area contributed by atoms with E-state index in [0.29, 0.717) is 6.04 Å². The predicted molar refractivity (Wildman–Crippen MR) is 60.2 cm³/mol. The molecule has 2 aliphatic rings. The lowest BCUT2D eigenvalue weighted by atomic mass is 9.89. The van der Waals surface area contributed by atoms with Gasteiger partial charge in [0.05, 0.1) is 0 Å². The fraction of sp³-hybridized carbons (Fsp3) is 1.00. The fourth-order valence-electron chi connectivity index (χ4n) is 3.12. The van der Waals surface area contributed by atoms with Crippen molar-refractivity contribution in [1.82, 2.24) is 4.90 Å². The maximum absolute atomic E-state index is 5.91. The van der Waals surface area contributed by atoms with Gasteiger partial charge in [-0.3, -0.25) is 4.90 Å². The van der Waals surface area contributed by atoms with Crippen LogP contribution in [-0.4, -0.2) is 30.6 Å². The van der Waals surface area contributed by atoms with Crippen LogP contribution in [0.5, 0.6) is 0 Å². The molecule has 2 fully saturated rings. The summed E-state index contributed by atoms with van der Waals surface area (Å²) in [5.74, 6) is 1.88. The Balaban J connectivity index is 1.81. The summed E-state index contributed by atoms with van der Waals surface area (Å²) >= 11 is 0. The van der Waals surface area contributed by atoms with E-state index in [1.807, 2.05) is 0 Å². The van der Waals surface area contributed by atoms with Crippen LogP contribution >= 0.6 is 0 Å². The molecule has 0 amide bonds. The van der Waals surface area contributed by atoms with Crippen molar-refractivity contribution in [3.05, 3.63) is 0 Å². The molecule has 1 saturated carbocycles. The quantitative estimate of drug-likeness (QED) is 0.743. The van der Waals surface area contributed by atoms with Crippen LogP contribution in [0.25, 0.3) is 0 Å². The minimum Gasteiger partial charge on any atom is -0.329 e. The molecule has 1 aliphatic heterocycles. The highest BCUT2D eigenvalue weighted by atomic mass is 15.2. The highest BCUT2D eigenvalue weighted by molar-refractivity contribution is 4.90. The second-order valence-electron chi connectivity index (χ2n) is 5.08. The van der Waals surface area contributed by atoms with Crippen LogP contribution in [0.4, 0.5) is 0 Å². The number of hydrogen-bond acceptors (Lipinski definition) is 2. The van der Waals surface area contributed by atoms with Crippen molar-refractivity contribution < 1.29 is 0 Å². The second kappa shape index (κ2) is 4.63. The number of likely N-dealkylation sites (tertiary alicyclic amines) is 1. The zero-order valence-corrected chi connectivity index (χ0v) is 9.41. The Bertz CT molecular complexity index is 169. The van der Waals surface area contributed by atoms with Gasteiger partial charge in [0.1, 0.15) is 0 Å². The van der Waals surface area contributed by atoms with Crippen molar-refractivity contribution >= 4 is 0 Å². The maximum Gasteiger partial charge on any atom is 0.0246 e. The molecule has 82 valence electrons. The molecular weight excluding hydrogens is 172 g/mol. The molecule has 1 heterocycles. The topological polar surface area (TPSA) is 29.3 Å². The van der Waals surface area contributed by atoms with Crippen molar-refractivity contribution in [3.8, 4) is 0 Å². The summed E-state index contributed by atoms with van der Waals surface area (Å²) in [6.07, 6.45) is 7.07. The lowest BCUT2D eigenvalue weighted by Gasteiger charge is -2.46. The lowest BCUT2D eigenvalue weighted by molar-refractivity contribution is 0.0280. The van der Waals surface area contributed by atoms with Crippen LogP contribution < -0.4 is 5.73 Å². The Kier molecular flexibility index (Phi) is 3.45. The summed E-state index contributed by atoms with van der Waals surface area (Å²) in [6.45, 7) is 5.81. The van der Waals surface area contributed by atoms with E-state index in [-0.39, 0.29) is 0 Å². The highest BCUT2D eigenvalue weighted by Gasteiger charge is 2.35. The minimum absolute atomic E-state index is 0.709. The third-order valence-electron chi connectivity index (χ3n) is 4.22. The van der Waals surface area contributed by atoms with Gasteiger partial charge < -0.3 is 5.73 Å². The van der Waals surface area contributed by atoms with Gasteiger partial charge in [-0.15, -0.1) is 0 Å². The van der Waals surface area contributed by atoms with Gasteiger partial charge >= 0.3 is 0 Å². The summed E-state index contributed by atoms with van der Waals surface area (Å²) in [5, 5.41) is 0. The van der Waals surface area contributed by atoms with Crippen LogP contribution in [0.15, 0.2) is 0 Å². The van der Waals surface area contributed by atoms with Crippen molar-refractivity contribution in [2.45, 2.75) is 45.1 Å². The van der Waals surface area contributed by atoms with E-state index >= 15 is 0 Å². The average Bonchev–Trinajstić information content (AvgIpc) is 2.62. The SMILES string of the molecule is CCC1CN(C(CN)C2CCCC2)C1. The van der Waals surface area contributed by atoms with Crippen LogP contribution in [0, 0.1) is 11.8 Å². The molecule has 0 aromatic carbocycles. The van der Waals surface area contributed by atoms with Gasteiger partial charge in [0, 0.05) is 25.7 Å². The third-order valence-corrected chi connectivity index (χ3v) is 4.22. The summed E-state index contributed by atoms with van der Waals surface area (Å²) < 4.78 is 0. The molecule has 2 nitrogen and oxygen atoms in total. The molecule has 1 unspecified atom stereocenters. The van der Waals surface area contributed by atoms with Crippen LogP contribution in [-0.2, 0) is 0 Å². The first-order chi connectivity index (χ1) is 6.85. The molecule has 2 heteroatoms. The highest BCUT2D eigenvalue weighted by Crippen LogP contribution is 2.33. The third kappa shape index (κ3) is 1.96. The van der Waals surface area contributed by atoms with E-state index in [1.54, 1.807) is 0 Å². The molecule has 0 aromatic heterocycles. The Morgan fingerprint density at radius 3 is 2.43 bits per heavy atom. The first-order valence-corrected chi connectivity index (χ1v) is 6.29. The number of hydrogen-bond donors (Lipinski definition) is 1. The largest absolute Gasteiger partial charge is 0.329 e. The molecule has 1 atom stereocenters. The van der Waals surface area contributed by atoms with Crippen molar-refractivity contribution in [1.29, 1.82) is 0 Å². The maximum atomic E-state index is 5.91. The van der Waals surface area contributed by atoms with Gasteiger partial charge in [-0.1, -0.05) is 26.2 Å². The lowest BCUT2D eigenvalue weighted by Crippen LogP contribution is -2.56. The Morgan fingerprint density at radius 1 is 1.29 bits per heavy atom. The summed E-state index contributed by atoms with van der Waals surface area (Å²) in [6, 6.07) is 0.709. The molecule has 1 aliphatic carbocycles. The first-order valence-electron chi connectivity index (χ1n) is 6.29. The van der Waals surface area contributed by atoms with E-state index in [2.05, 4.69) is 11.8 Å². The Hall–Kier alpha value is -0.0800. The monoisotopic (exact) mass is 196 g/mol. The molecule has 0 radical (unpaired) electrons. The number of nitrogens with zero attached hydrogens (tertiary/aromatic N) is 1. The molecular formula is C12H24N2. The van der Waals surface area contributed by atoms with Crippen molar-refractivity contribution in [3.63, 3.8) is 0 Å². The first kappa shape index (κ1) is 10.4. The van der Waals surface area contributed by atoms with Crippen molar-refractivity contribution in [2.75, 3.05) is 19.6 Å². The molecule has 0 spiro atoms. The molecule has 2 rings (SSSR count). The van der Waals surface area contributed by atoms with Gasteiger partial charge in [0.2, 0.25) is 0 Å². The smallest absolute Gasteiger partial charge is 0.0246 e. The summed E-state index contributed by atoms with van der Waals surface area (Å²) in [7, 11) is 0. The van der Waals surface area contributed by atoms with Gasteiger partial charge in [-0.05, 0) is 24.7 Å². The Labute approximate surface area is 87.8 Å². The van der Waals surface area contributed by atoms with E-state index in [4.69, 9.17) is 5.73 Å². The summed E-state index contributed by atoms with van der Waals surface area (Å²) in [5.41, 5.74) is 5.91. The second-order valence-corrected chi connectivity index (χ2v) is 5.08. The van der Waals surface area contributed by atoms with Gasteiger partial charge in [-0.2, -0.15) is 0 Å². The van der Waals surface area contributed by atoms with E-state index in [0.717, 1.165) is 18.4 Å². The number of rotatable bonds is 4. The van der Waals surface area contributed by atoms with Gasteiger partial charge in [0.15, 0.2) is 0 Å². The Morgan fingerprint density at radius 2 is 1.93 bits per heavy atom. The van der Waals surface area contributed by atoms with E-state index in [1.165, 1.54) is 45.2 Å². The molecule has 0 aromatic rings. The van der Waals surface area contributed by atoms with E-state index in [9.17, 15) is 0 Å². The molecule has 0 bridgehead atoms. The summed E-state index contributed by atoms with van der Waals surface area (Å²) in [4.78, 5) is 2.63. The zero-order chi connectivity index (χ0) is 9.97. The van der Waals surface area contributed by atoms with E-state index < -0.39 is 0 Å². The molecule has 14 heavy (non-hydrogen) atoms. The molecule has 1 saturated heterocycles. The van der Waals surface area contributed by atoms with Gasteiger partial charge in [0.25, 0.3) is 0 Å².